The van der Waals surface area contributed by atoms with Crippen molar-refractivity contribution in [3.05, 3.63) is 52.0 Å². The number of hydrogen-bond acceptors (Lipinski definition) is 3. The monoisotopic (exact) mass is 231 g/mol. The summed E-state index contributed by atoms with van der Waals surface area (Å²) in [5.41, 5.74) is 2.09. The molecule has 0 aliphatic heterocycles. The van der Waals surface area contributed by atoms with Crippen molar-refractivity contribution in [3.63, 3.8) is 0 Å². The molecule has 3 heteroatoms. The highest BCUT2D eigenvalue weighted by Gasteiger charge is 2.19. The highest BCUT2D eigenvalue weighted by Crippen LogP contribution is 2.25. The Kier molecular flexibility index (Phi) is 3.15. The van der Waals surface area contributed by atoms with Gasteiger partial charge < -0.3 is 0 Å². The molecule has 82 valence electrons. The summed E-state index contributed by atoms with van der Waals surface area (Å²) in [5.74, 6) is 0.0963. The number of carbonyl (C=O) groups is 1. The fraction of sp³-hybridized carbons (Fsp3) is 0.231. The highest BCUT2D eigenvalue weighted by atomic mass is 32.1. The standard InChI is InChI=1S/C13H13NOS/c1-9-5-8-16-13(9)12(15)10(2)11-3-6-14-7-4-11/h3-8,10H,1-2H3. The number of nitrogens with zero attached hydrogens (tertiary/aromatic N) is 1. The van der Waals surface area contributed by atoms with Gasteiger partial charge in [0.1, 0.15) is 0 Å². The number of rotatable bonds is 3. The average molecular weight is 231 g/mol. The van der Waals surface area contributed by atoms with Crippen LogP contribution in [0.5, 0.6) is 0 Å². The molecule has 1 atom stereocenters. The third-order valence-corrected chi connectivity index (χ3v) is 3.72. The van der Waals surface area contributed by atoms with Gasteiger partial charge >= 0.3 is 0 Å². The molecule has 0 amide bonds. The number of hydrogen-bond donors (Lipinski definition) is 0. The number of thiophene rings is 1. The minimum atomic E-state index is -0.0969. The van der Waals surface area contributed by atoms with E-state index in [-0.39, 0.29) is 11.7 Å². The number of aromatic nitrogens is 1. The molecule has 0 aromatic carbocycles. The molecule has 0 fully saturated rings. The molecule has 0 spiro atoms. The van der Waals surface area contributed by atoms with Gasteiger partial charge in [0.05, 0.1) is 4.88 Å². The van der Waals surface area contributed by atoms with Crippen LogP contribution in [0.4, 0.5) is 0 Å². The lowest BCUT2D eigenvalue weighted by molar-refractivity contribution is 0.0969. The minimum absolute atomic E-state index is 0.0969. The van der Waals surface area contributed by atoms with E-state index in [1.54, 1.807) is 12.4 Å². The average Bonchev–Trinajstić information content (AvgIpc) is 2.75. The van der Waals surface area contributed by atoms with Gasteiger partial charge in [0, 0.05) is 18.3 Å². The first kappa shape index (κ1) is 11.0. The van der Waals surface area contributed by atoms with E-state index in [0.29, 0.717) is 0 Å². The molecule has 1 unspecified atom stereocenters. The van der Waals surface area contributed by atoms with Crippen LogP contribution in [-0.4, -0.2) is 10.8 Å². The van der Waals surface area contributed by atoms with Crippen molar-refractivity contribution in [2.24, 2.45) is 0 Å². The van der Waals surface area contributed by atoms with Crippen molar-refractivity contribution < 1.29 is 4.79 Å². The van der Waals surface area contributed by atoms with Gasteiger partial charge in [-0.3, -0.25) is 9.78 Å². The molecule has 0 saturated carbocycles. The van der Waals surface area contributed by atoms with Crippen molar-refractivity contribution in [1.82, 2.24) is 4.98 Å². The fourth-order valence-electron chi connectivity index (χ4n) is 1.63. The zero-order valence-electron chi connectivity index (χ0n) is 9.31. The summed E-state index contributed by atoms with van der Waals surface area (Å²) in [6.45, 7) is 3.92. The maximum absolute atomic E-state index is 12.2. The molecule has 2 aromatic rings. The lowest BCUT2D eigenvalue weighted by atomic mass is 9.96. The molecule has 0 aliphatic carbocycles. The first-order valence-corrected chi connectivity index (χ1v) is 6.06. The van der Waals surface area contributed by atoms with Crippen LogP contribution < -0.4 is 0 Å². The third kappa shape index (κ3) is 2.04. The molecule has 0 aliphatic rings. The van der Waals surface area contributed by atoms with Crippen molar-refractivity contribution in [3.8, 4) is 0 Å². The molecule has 0 radical (unpaired) electrons. The number of Topliss-reactive ketones (excluding diaryl/α,β-unsaturated/α-hetero) is 1. The van der Waals surface area contributed by atoms with E-state index in [4.69, 9.17) is 0 Å². The van der Waals surface area contributed by atoms with Crippen LogP contribution in [0, 0.1) is 6.92 Å². The first-order valence-electron chi connectivity index (χ1n) is 5.18. The summed E-state index contributed by atoms with van der Waals surface area (Å²) in [5, 5.41) is 1.96. The van der Waals surface area contributed by atoms with Crippen LogP contribution in [0.25, 0.3) is 0 Å². The molecule has 0 saturated heterocycles. The van der Waals surface area contributed by atoms with Crippen molar-refractivity contribution >= 4 is 17.1 Å². The lowest BCUT2D eigenvalue weighted by Crippen LogP contribution is -2.09. The van der Waals surface area contributed by atoms with Gasteiger partial charge in [0.25, 0.3) is 0 Å². The Labute approximate surface area is 99.0 Å². The smallest absolute Gasteiger partial charge is 0.180 e. The molecule has 2 heterocycles. The van der Waals surface area contributed by atoms with Crippen LogP contribution in [0.1, 0.15) is 33.6 Å². The van der Waals surface area contributed by atoms with Gasteiger partial charge in [-0.25, -0.2) is 0 Å². The summed E-state index contributed by atoms with van der Waals surface area (Å²) in [6.07, 6.45) is 3.45. The molecular formula is C13H13NOS. The molecule has 16 heavy (non-hydrogen) atoms. The Hall–Kier alpha value is -1.48. The third-order valence-electron chi connectivity index (χ3n) is 2.69. The Morgan fingerprint density at radius 1 is 1.31 bits per heavy atom. The number of aryl methyl sites for hydroxylation is 1. The van der Waals surface area contributed by atoms with Gasteiger partial charge in [0.2, 0.25) is 0 Å². The van der Waals surface area contributed by atoms with Gasteiger partial charge in [-0.15, -0.1) is 11.3 Å². The Morgan fingerprint density at radius 3 is 2.56 bits per heavy atom. The predicted octanol–water partition coefficient (Wildman–Crippen LogP) is 3.44. The van der Waals surface area contributed by atoms with E-state index in [1.807, 2.05) is 37.4 Å². The first-order chi connectivity index (χ1) is 7.70. The second-order valence-electron chi connectivity index (χ2n) is 3.80. The van der Waals surface area contributed by atoms with E-state index >= 15 is 0 Å². The second-order valence-corrected chi connectivity index (χ2v) is 4.72. The molecule has 2 aromatic heterocycles. The lowest BCUT2D eigenvalue weighted by Gasteiger charge is -2.09. The molecule has 0 N–H and O–H groups in total. The van der Waals surface area contributed by atoms with E-state index in [0.717, 1.165) is 16.0 Å². The Balaban J connectivity index is 2.27. The SMILES string of the molecule is Cc1ccsc1C(=O)C(C)c1ccncc1. The van der Waals surface area contributed by atoms with Gasteiger partial charge in [0.15, 0.2) is 5.78 Å². The van der Waals surface area contributed by atoms with Crippen LogP contribution in [0.3, 0.4) is 0 Å². The van der Waals surface area contributed by atoms with Crippen LogP contribution in [0.2, 0.25) is 0 Å². The Bertz CT molecular complexity index is 490. The maximum Gasteiger partial charge on any atom is 0.180 e. The maximum atomic E-state index is 12.2. The van der Waals surface area contributed by atoms with Crippen molar-refractivity contribution in [2.75, 3.05) is 0 Å². The van der Waals surface area contributed by atoms with Crippen molar-refractivity contribution in [2.45, 2.75) is 19.8 Å². The number of carbonyl (C=O) groups excluding carboxylic acids is 1. The topological polar surface area (TPSA) is 30.0 Å². The van der Waals surface area contributed by atoms with Gasteiger partial charge in [-0.05, 0) is 41.6 Å². The fourth-order valence-corrected chi connectivity index (χ4v) is 2.58. The van der Waals surface area contributed by atoms with E-state index in [9.17, 15) is 4.79 Å². The van der Waals surface area contributed by atoms with Gasteiger partial charge in [-0.1, -0.05) is 6.92 Å². The molecule has 2 nitrogen and oxygen atoms in total. The number of pyridine rings is 1. The second kappa shape index (κ2) is 4.58. The zero-order chi connectivity index (χ0) is 11.5. The quantitative estimate of drug-likeness (QED) is 0.757. The van der Waals surface area contributed by atoms with Gasteiger partial charge in [-0.2, -0.15) is 0 Å². The summed E-state index contributed by atoms with van der Waals surface area (Å²) < 4.78 is 0. The van der Waals surface area contributed by atoms with Crippen LogP contribution in [-0.2, 0) is 0 Å². The summed E-state index contributed by atoms with van der Waals surface area (Å²) in [6, 6.07) is 5.77. The number of ketones is 1. The highest BCUT2D eigenvalue weighted by molar-refractivity contribution is 7.12. The summed E-state index contributed by atoms with van der Waals surface area (Å²) in [7, 11) is 0. The summed E-state index contributed by atoms with van der Waals surface area (Å²) in [4.78, 5) is 17.0. The minimum Gasteiger partial charge on any atom is -0.293 e. The molecule has 0 bridgehead atoms. The molecule has 2 rings (SSSR count). The van der Waals surface area contributed by atoms with Crippen LogP contribution >= 0.6 is 11.3 Å². The predicted molar refractivity (Wildman–Crippen MR) is 66.0 cm³/mol. The van der Waals surface area contributed by atoms with Crippen molar-refractivity contribution in [1.29, 1.82) is 0 Å². The van der Waals surface area contributed by atoms with E-state index in [2.05, 4.69) is 4.98 Å². The largest absolute Gasteiger partial charge is 0.293 e. The van der Waals surface area contributed by atoms with Crippen LogP contribution in [0.15, 0.2) is 36.0 Å². The zero-order valence-corrected chi connectivity index (χ0v) is 10.1. The molecular weight excluding hydrogens is 218 g/mol. The normalized spacial score (nSPS) is 12.4. The van der Waals surface area contributed by atoms with E-state index < -0.39 is 0 Å². The summed E-state index contributed by atoms with van der Waals surface area (Å²) >= 11 is 1.52. The van der Waals surface area contributed by atoms with E-state index in [1.165, 1.54) is 11.3 Å². The Morgan fingerprint density at radius 2 is 2.00 bits per heavy atom.